The molecule has 0 aliphatic carbocycles. The summed E-state index contributed by atoms with van der Waals surface area (Å²) in [5, 5.41) is 16.2. The number of anilines is 3. The van der Waals surface area contributed by atoms with E-state index < -0.39 is 168 Å². The minimum Gasteiger partial charge on any atom is -0.505 e. The number of benzene rings is 4. The second-order valence-corrected chi connectivity index (χ2v) is 21.2. The van der Waals surface area contributed by atoms with Gasteiger partial charge in [0.25, 0.3) is 20.2 Å². The van der Waals surface area contributed by atoms with Crippen molar-refractivity contribution in [2.75, 3.05) is 41.9 Å². The maximum absolute atomic E-state index is 13.8. The lowest BCUT2D eigenvalue weighted by Crippen LogP contribution is -2.19. The van der Waals surface area contributed by atoms with E-state index in [0.29, 0.717) is 36.4 Å². The zero-order valence-corrected chi connectivity index (χ0v) is 37.6. The van der Waals surface area contributed by atoms with Crippen LogP contribution in [0.15, 0.2) is 78.3 Å². The molecule has 0 spiro atoms. The number of nitrogens with two attached hydrogens (primary N) is 3. The van der Waals surface area contributed by atoms with Gasteiger partial charge in [-0.15, -0.1) is 5.11 Å². The van der Waals surface area contributed by atoms with Gasteiger partial charge in [0.15, 0.2) is 19.7 Å². The van der Waals surface area contributed by atoms with Crippen LogP contribution in [0.3, 0.4) is 0 Å². The predicted molar refractivity (Wildman–Crippen MR) is 216 cm³/mol. The van der Waals surface area contributed by atoms with Crippen molar-refractivity contribution in [3.8, 4) is 5.75 Å². The van der Waals surface area contributed by atoms with Crippen LogP contribution >= 0.6 is 0 Å². The minimum absolute atomic E-state index is 0.165. The van der Waals surface area contributed by atoms with Gasteiger partial charge in [0.05, 0.1) is 68.1 Å². The normalized spacial score (nSPS) is 13.2. The fourth-order valence-corrected chi connectivity index (χ4v) is 9.72. The molecule has 0 aliphatic rings. The third-order valence-corrected chi connectivity index (χ3v) is 13.8. The number of phenols is 1. The molecule has 0 atom stereocenters. The third kappa shape index (κ3) is 15.3. The standard InChI is InChI=1S/C19H17F3N4O13S4.C9H10F3NO6S2.C2H6/c20-19(21,22)10-7-9(1-2-11(10)40(28,29)4-3-39-43(36,37)38)25-26-17-13(42(33,34)35)6-8-5-12(41(30,31)32)15(23)18(27)14(8)16(17)24;10-9(11,12)7-5-6(13)1-2-8(7)20(14,15)4-3-19-21(16,17)18;1-2/h1-2,5-7,27H,3-4,23-24H2,(H,30,31,32)(H,33,34,35)(H,36,37,38);1-2,5H,3-4,13H2,(H,16,17,18);1-2H3. The summed E-state index contributed by atoms with van der Waals surface area (Å²) in [6, 6.07) is 4.47. The van der Waals surface area contributed by atoms with Crippen LogP contribution in [0.1, 0.15) is 25.0 Å². The van der Waals surface area contributed by atoms with E-state index in [2.05, 4.69) is 18.6 Å². The van der Waals surface area contributed by atoms with E-state index in [4.69, 9.17) is 26.3 Å². The molecule has 0 fully saturated rings. The molecule has 36 heteroatoms. The van der Waals surface area contributed by atoms with Gasteiger partial charge in [0, 0.05) is 5.69 Å². The molecule has 0 bridgehead atoms. The molecule has 66 heavy (non-hydrogen) atoms. The Morgan fingerprint density at radius 1 is 0.561 bits per heavy atom. The number of halogens is 6. The maximum Gasteiger partial charge on any atom is 0.417 e. The van der Waals surface area contributed by atoms with Crippen molar-refractivity contribution in [1.82, 2.24) is 0 Å². The molecule has 370 valence electrons. The summed E-state index contributed by atoms with van der Waals surface area (Å²) >= 11 is 0. The molecule has 24 nitrogen and oxygen atoms in total. The first-order chi connectivity index (χ1) is 29.7. The lowest BCUT2D eigenvalue weighted by molar-refractivity contribution is -0.140. The number of azo groups is 1. The Morgan fingerprint density at radius 2 is 0.970 bits per heavy atom. The number of phenolic OH excluding ortho intramolecular Hbond substituents is 1. The van der Waals surface area contributed by atoms with Crippen LogP contribution in [0, 0.1) is 0 Å². The highest BCUT2D eigenvalue weighted by Gasteiger charge is 2.39. The largest absolute Gasteiger partial charge is 0.505 e. The lowest BCUT2D eigenvalue weighted by Gasteiger charge is -2.15. The highest BCUT2D eigenvalue weighted by molar-refractivity contribution is 7.92. The average molecular weight is 1070 g/mol. The van der Waals surface area contributed by atoms with E-state index in [1.54, 1.807) is 0 Å². The Bertz CT molecular complexity index is 3220. The Labute approximate surface area is 370 Å². The van der Waals surface area contributed by atoms with Crippen molar-refractivity contribution in [2.24, 2.45) is 10.2 Å². The van der Waals surface area contributed by atoms with Gasteiger partial charge in [0.2, 0.25) is 0 Å². The molecule has 0 amide bonds. The minimum atomic E-state index is -5.35. The molecular weight excluding hydrogens is 1040 g/mol. The fourth-order valence-electron chi connectivity index (χ4n) is 4.99. The summed E-state index contributed by atoms with van der Waals surface area (Å²) in [5.41, 5.74) is 9.55. The molecule has 0 radical (unpaired) electrons. The summed E-state index contributed by atoms with van der Waals surface area (Å²) in [6.07, 6.45) is -10.3. The predicted octanol–water partition coefficient (Wildman–Crippen LogP) is 4.14. The van der Waals surface area contributed by atoms with Crippen molar-refractivity contribution < 1.29 is 109 Å². The van der Waals surface area contributed by atoms with Crippen LogP contribution in [-0.4, -0.2) is 98.5 Å². The second-order valence-electron chi connectivity index (χ2n) is 12.1. The van der Waals surface area contributed by atoms with Crippen LogP contribution in [0.25, 0.3) is 10.8 Å². The van der Waals surface area contributed by atoms with Gasteiger partial charge < -0.3 is 22.3 Å². The van der Waals surface area contributed by atoms with Crippen LogP contribution in [0.4, 0.5) is 54.8 Å². The van der Waals surface area contributed by atoms with Gasteiger partial charge in [0.1, 0.15) is 21.2 Å². The van der Waals surface area contributed by atoms with Gasteiger partial charge in [-0.2, -0.15) is 65.1 Å². The van der Waals surface area contributed by atoms with Gasteiger partial charge in [-0.05, 0) is 53.9 Å². The van der Waals surface area contributed by atoms with Crippen LogP contribution in [-0.2, 0) is 81.4 Å². The Balaban J connectivity index is 0.000000545. The van der Waals surface area contributed by atoms with E-state index in [1.807, 2.05) is 13.8 Å². The molecule has 4 aromatic carbocycles. The molecular formula is C30H33F6N5O19S6. The van der Waals surface area contributed by atoms with Crippen LogP contribution < -0.4 is 17.2 Å². The van der Waals surface area contributed by atoms with Crippen molar-refractivity contribution in [2.45, 2.75) is 45.8 Å². The first-order valence-corrected chi connectivity index (χ1v) is 25.7. The molecule has 0 aliphatic heterocycles. The van der Waals surface area contributed by atoms with E-state index in [0.717, 1.165) is 6.07 Å². The zero-order chi connectivity index (χ0) is 51.4. The highest BCUT2D eigenvalue weighted by Crippen LogP contribution is 2.46. The Hall–Kier alpha value is -5.02. The highest BCUT2D eigenvalue weighted by atomic mass is 32.3. The van der Waals surface area contributed by atoms with Crippen molar-refractivity contribution >= 4 is 99.9 Å². The number of fused-ring (bicyclic) bond motifs is 1. The molecule has 0 aromatic heterocycles. The van der Waals surface area contributed by atoms with E-state index >= 15 is 0 Å². The fraction of sp³-hybridized carbons (Fsp3) is 0.267. The quantitative estimate of drug-likeness (QED) is 0.0289. The number of alkyl halides is 6. The summed E-state index contributed by atoms with van der Waals surface area (Å²) in [6.45, 7) is 1.74. The van der Waals surface area contributed by atoms with Gasteiger partial charge in [-0.25, -0.2) is 25.2 Å². The molecule has 11 N–H and O–H groups in total. The molecule has 0 saturated heterocycles. The number of hydrogen-bond donors (Lipinski definition) is 8. The average Bonchev–Trinajstić information content (AvgIpc) is 3.13. The monoisotopic (exact) mass is 1070 g/mol. The van der Waals surface area contributed by atoms with Gasteiger partial charge >= 0.3 is 33.2 Å². The summed E-state index contributed by atoms with van der Waals surface area (Å²) in [4.78, 5) is -4.65. The van der Waals surface area contributed by atoms with Gasteiger partial charge in [-0.1, -0.05) is 13.8 Å². The molecule has 0 saturated carbocycles. The first kappa shape index (κ1) is 57.1. The Kier molecular flexibility index (Phi) is 17.7. The van der Waals surface area contributed by atoms with Crippen LogP contribution in [0.5, 0.6) is 5.75 Å². The number of aromatic hydroxyl groups is 1. The number of rotatable bonds is 14. The van der Waals surface area contributed by atoms with Crippen molar-refractivity contribution in [3.05, 3.63) is 59.7 Å². The molecule has 0 heterocycles. The number of hydrogen-bond acceptors (Lipinski definition) is 20. The topological polar surface area (TPSA) is 427 Å². The van der Waals surface area contributed by atoms with Gasteiger partial charge in [-0.3, -0.25) is 18.2 Å². The molecule has 4 aromatic rings. The number of nitrogens with zero attached hydrogens (tertiary/aromatic N) is 2. The van der Waals surface area contributed by atoms with E-state index in [1.165, 1.54) is 0 Å². The first-order valence-electron chi connectivity index (χ1n) is 16.8. The third-order valence-electron chi connectivity index (χ3n) is 7.61. The molecule has 4 rings (SSSR count). The maximum atomic E-state index is 13.8. The number of sulfone groups is 2. The molecule has 0 unspecified atom stereocenters. The Morgan fingerprint density at radius 3 is 1.38 bits per heavy atom. The summed E-state index contributed by atoms with van der Waals surface area (Å²) in [7, 11) is -29.7. The van der Waals surface area contributed by atoms with Crippen molar-refractivity contribution in [1.29, 1.82) is 0 Å². The summed E-state index contributed by atoms with van der Waals surface area (Å²) in [5.74, 6) is -3.47. The van der Waals surface area contributed by atoms with Crippen LogP contribution in [0.2, 0.25) is 0 Å². The SMILES string of the molecule is CC.Nc1c(S(=O)(=O)O)cc2cc(S(=O)(=O)O)c(N=Nc3ccc(S(=O)(=O)CCOS(=O)(=O)O)c(C(F)(F)F)c3)c(N)c2c1O.Nc1ccc(S(=O)(=O)CCOS(=O)(=O)O)c(C(F)(F)F)c1. The van der Waals surface area contributed by atoms with E-state index in [9.17, 15) is 91.1 Å². The smallest absolute Gasteiger partial charge is 0.417 e. The zero-order valence-electron chi connectivity index (χ0n) is 32.7. The summed E-state index contributed by atoms with van der Waals surface area (Å²) < 4.78 is 261. The van der Waals surface area contributed by atoms with Crippen molar-refractivity contribution in [3.63, 3.8) is 0 Å². The number of nitrogen functional groups attached to an aromatic ring is 3. The van der Waals surface area contributed by atoms with E-state index in [-0.39, 0.29) is 11.8 Å². The lowest BCUT2D eigenvalue weighted by atomic mass is 10.1. The second kappa shape index (κ2) is 20.5.